The second-order valence-electron chi connectivity index (χ2n) is 6.05. The molecule has 2 aromatic carbocycles. The summed E-state index contributed by atoms with van der Waals surface area (Å²) in [7, 11) is 0. The summed E-state index contributed by atoms with van der Waals surface area (Å²) >= 11 is 0. The summed E-state index contributed by atoms with van der Waals surface area (Å²) in [5.41, 5.74) is 0.237. The highest BCUT2D eigenvalue weighted by Crippen LogP contribution is 2.19. The average Bonchev–Trinajstić information content (AvgIpc) is 3.27. The van der Waals surface area contributed by atoms with Crippen molar-refractivity contribution in [3.8, 4) is 11.4 Å². The normalized spacial score (nSPS) is 10.3. The third-order valence-corrected chi connectivity index (χ3v) is 3.97. The molecular formula is C18H14N6O7. The highest BCUT2D eigenvalue weighted by atomic mass is 16.6. The fourth-order valence-corrected chi connectivity index (χ4v) is 2.46. The molecule has 0 spiro atoms. The van der Waals surface area contributed by atoms with Crippen LogP contribution in [0.15, 0.2) is 53.1 Å². The van der Waals surface area contributed by atoms with Crippen molar-refractivity contribution >= 4 is 23.2 Å². The summed E-state index contributed by atoms with van der Waals surface area (Å²) in [4.78, 5) is 48.3. The van der Waals surface area contributed by atoms with Crippen molar-refractivity contribution in [3.05, 3.63) is 80.2 Å². The number of carbonyl (C=O) groups excluding carboxylic acids is 2. The average molecular weight is 426 g/mol. The van der Waals surface area contributed by atoms with Gasteiger partial charge >= 0.3 is 11.8 Å². The van der Waals surface area contributed by atoms with Crippen LogP contribution >= 0.6 is 0 Å². The van der Waals surface area contributed by atoms with Crippen LogP contribution in [0.25, 0.3) is 11.4 Å². The Morgan fingerprint density at radius 1 is 0.903 bits per heavy atom. The number of non-ortho nitro benzene ring substituents is 2. The number of amides is 2. The Kier molecular flexibility index (Phi) is 6.25. The Balaban J connectivity index is 1.50. The maximum atomic E-state index is 12.1. The van der Waals surface area contributed by atoms with Crippen LogP contribution in [0, 0.1) is 20.2 Å². The number of carbonyl (C=O) groups is 2. The smallest absolute Gasteiger partial charge is 0.316 e. The van der Waals surface area contributed by atoms with E-state index in [4.69, 9.17) is 4.52 Å². The zero-order valence-corrected chi connectivity index (χ0v) is 15.7. The van der Waals surface area contributed by atoms with Crippen molar-refractivity contribution in [1.29, 1.82) is 0 Å². The molecule has 0 atom stereocenters. The first-order chi connectivity index (χ1) is 14.8. The Morgan fingerprint density at radius 3 is 2.19 bits per heavy atom. The molecule has 3 aromatic rings. The molecule has 31 heavy (non-hydrogen) atoms. The van der Waals surface area contributed by atoms with E-state index in [2.05, 4.69) is 20.8 Å². The Hall–Kier alpha value is -4.68. The van der Waals surface area contributed by atoms with E-state index in [1.807, 2.05) is 0 Å². The van der Waals surface area contributed by atoms with Gasteiger partial charge in [0.05, 0.1) is 9.85 Å². The predicted octanol–water partition coefficient (Wildman–Crippen LogP) is 1.71. The summed E-state index contributed by atoms with van der Waals surface area (Å²) in [6, 6.07) is 10.6. The Bertz CT molecular complexity index is 1140. The second-order valence-corrected chi connectivity index (χ2v) is 6.05. The van der Waals surface area contributed by atoms with Crippen LogP contribution in [0.2, 0.25) is 0 Å². The van der Waals surface area contributed by atoms with Crippen LogP contribution in [0.1, 0.15) is 21.0 Å². The number of aromatic nitrogens is 2. The van der Waals surface area contributed by atoms with Gasteiger partial charge in [-0.05, 0) is 18.2 Å². The largest absolute Gasteiger partial charge is 0.350 e. The van der Waals surface area contributed by atoms with Crippen LogP contribution in [0.5, 0.6) is 0 Å². The topological polar surface area (TPSA) is 183 Å². The molecule has 1 heterocycles. The molecule has 0 aliphatic rings. The molecule has 0 fully saturated rings. The molecule has 0 unspecified atom stereocenters. The molecule has 2 N–H and O–H groups in total. The van der Waals surface area contributed by atoms with Gasteiger partial charge in [0, 0.05) is 48.5 Å². The van der Waals surface area contributed by atoms with Crippen LogP contribution in [-0.2, 0) is 0 Å². The highest BCUT2D eigenvalue weighted by Gasteiger charge is 2.17. The second kappa shape index (κ2) is 9.21. The molecule has 0 aliphatic carbocycles. The van der Waals surface area contributed by atoms with E-state index < -0.39 is 21.7 Å². The van der Waals surface area contributed by atoms with Gasteiger partial charge in [0.25, 0.3) is 17.3 Å². The molecule has 2 amide bonds. The summed E-state index contributed by atoms with van der Waals surface area (Å²) in [6.07, 6.45) is 0. The van der Waals surface area contributed by atoms with Crippen LogP contribution in [-0.4, -0.2) is 44.9 Å². The summed E-state index contributed by atoms with van der Waals surface area (Å²) in [6.45, 7) is 0.0886. The zero-order chi connectivity index (χ0) is 22.4. The van der Waals surface area contributed by atoms with Gasteiger partial charge in [-0.2, -0.15) is 4.98 Å². The maximum Gasteiger partial charge on any atom is 0.316 e. The summed E-state index contributed by atoms with van der Waals surface area (Å²) < 4.78 is 4.88. The zero-order valence-electron chi connectivity index (χ0n) is 15.7. The minimum atomic E-state index is -0.676. The number of nitro benzene ring substituents is 2. The van der Waals surface area contributed by atoms with Gasteiger partial charge in [-0.3, -0.25) is 29.8 Å². The van der Waals surface area contributed by atoms with Crippen molar-refractivity contribution in [1.82, 2.24) is 20.8 Å². The minimum absolute atomic E-state index is 0.0365. The van der Waals surface area contributed by atoms with Crippen molar-refractivity contribution < 1.29 is 24.0 Å². The van der Waals surface area contributed by atoms with E-state index in [1.165, 1.54) is 42.5 Å². The molecule has 13 nitrogen and oxygen atoms in total. The first kappa shape index (κ1) is 21.0. The lowest BCUT2D eigenvalue weighted by molar-refractivity contribution is -0.385. The standard InChI is InChI=1S/C18H14N6O7/c25-16(12-2-1-3-14(10-12)24(29)30)19-8-9-20-17(26)18-21-15(22-31-18)11-4-6-13(7-5-11)23(27)28/h1-7,10H,8-9H2,(H,19,25)(H,20,26). The molecule has 158 valence electrons. The minimum Gasteiger partial charge on any atom is -0.350 e. The SMILES string of the molecule is O=C(NCCNC(=O)c1nc(-c2ccc([N+](=O)[O-])cc2)no1)c1cccc([N+](=O)[O-])c1. The molecule has 1 aromatic heterocycles. The molecule has 0 aliphatic heterocycles. The quantitative estimate of drug-likeness (QED) is 0.307. The van der Waals surface area contributed by atoms with Crippen molar-refractivity contribution in [2.75, 3.05) is 13.1 Å². The predicted molar refractivity (Wildman–Crippen MR) is 104 cm³/mol. The lowest BCUT2D eigenvalue weighted by atomic mass is 10.2. The molecule has 3 rings (SSSR count). The molecule has 0 saturated heterocycles. The molecule has 0 bridgehead atoms. The monoisotopic (exact) mass is 426 g/mol. The van der Waals surface area contributed by atoms with E-state index in [0.29, 0.717) is 5.56 Å². The Labute approximate surface area is 173 Å². The lowest BCUT2D eigenvalue weighted by Gasteiger charge is -2.05. The number of hydrogen-bond acceptors (Lipinski definition) is 9. The first-order valence-corrected chi connectivity index (χ1v) is 8.74. The maximum absolute atomic E-state index is 12.1. The number of nitro groups is 2. The van der Waals surface area contributed by atoms with E-state index in [9.17, 15) is 29.8 Å². The van der Waals surface area contributed by atoms with E-state index >= 15 is 0 Å². The van der Waals surface area contributed by atoms with E-state index in [1.54, 1.807) is 0 Å². The third-order valence-electron chi connectivity index (χ3n) is 3.97. The van der Waals surface area contributed by atoms with Crippen LogP contribution in [0.4, 0.5) is 11.4 Å². The van der Waals surface area contributed by atoms with Gasteiger partial charge in [-0.25, -0.2) is 0 Å². The van der Waals surface area contributed by atoms with Gasteiger partial charge in [-0.15, -0.1) is 0 Å². The van der Waals surface area contributed by atoms with E-state index in [-0.39, 0.29) is 41.7 Å². The summed E-state index contributed by atoms with van der Waals surface area (Å²) in [5.74, 6) is -1.45. The first-order valence-electron chi connectivity index (χ1n) is 8.74. The highest BCUT2D eigenvalue weighted by molar-refractivity contribution is 5.95. The molecule has 0 radical (unpaired) electrons. The van der Waals surface area contributed by atoms with E-state index in [0.717, 1.165) is 6.07 Å². The fraction of sp³-hybridized carbons (Fsp3) is 0.111. The van der Waals surface area contributed by atoms with Gasteiger partial charge in [0.1, 0.15) is 0 Å². The van der Waals surface area contributed by atoms with Crippen LogP contribution < -0.4 is 10.6 Å². The number of rotatable bonds is 8. The van der Waals surface area contributed by atoms with Gasteiger partial charge in [0.2, 0.25) is 5.82 Å². The molecule has 0 saturated carbocycles. The van der Waals surface area contributed by atoms with Crippen LogP contribution in [0.3, 0.4) is 0 Å². The summed E-state index contributed by atoms with van der Waals surface area (Å²) in [5, 5.41) is 30.1. The van der Waals surface area contributed by atoms with Crippen molar-refractivity contribution in [2.24, 2.45) is 0 Å². The number of benzene rings is 2. The van der Waals surface area contributed by atoms with Crippen molar-refractivity contribution in [3.63, 3.8) is 0 Å². The lowest BCUT2D eigenvalue weighted by Crippen LogP contribution is -2.34. The van der Waals surface area contributed by atoms with Crippen molar-refractivity contribution in [2.45, 2.75) is 0 Å². The molecular weight excluding hydrogens is 412 g/mol. The van der Waals surface area contributed by atoms with Gasteiger partial charge < -0.3 is 15.2 Å². The van der Waals surface area contributed by atoms with Gasteiger partial charge in [-0.1, -0.05) is 11.2 Å². The molecule has 13 heteroatoms. The number of nitrogens with one attached hydrogen (secondary N) is 2. The number of nitrogens with zero attached hydrogens (tertiary/aromatic N) is 4. The number of hydrogen-bond donors (Lipinski definition) is 2. The third kappa shape index (κ3) is 5.23. The van der Waals surface area contributed by atoms with Gasteiger partial charge in [0.15, 0.2) is 0 Å². The fourth-order valence-electron chi connectivity index (χ4n) is 2.46. The Morgan fingerprint density at radius 2 is 1.55 bits per heavy atom.